The van der Waals surface area contributed by atoms with Crippen molar-refractivity contribution in [2.45, 2.75) is 31.9 Å². The zero-order valence-corrected chi connectivity index (χ0v) is 12.2. The molecule has 3 rings (SSSR count). The van der Waals surface area contributed by atoms with Crippen LogP contribution in [0.2, 0.25) is 0 Å². The van der Waals surface area contributed by atoms with Crippen LogP contribution in [-0.4, -0.2) is 49.8 Å². The largest absolute Gasteiger partial charge is 0.486 e. The third-order valence-corrected chi connectivity index (χ3v) is 4.07. The van der Waals surface area contributed by atoms with Crippen molar-refractivity contribution in [3.8, 4) is 11.5 Å². The molecular formula is C16H24N2O2. The molecule has 1 saturated heterocycles. The Kier molecular flexibility index (Phi) is 4.43. The molecule has 0 aliphatic carbocycles. The van der Waals surface area contributed by atoms with E-state index in [2.05, 4.69) is 17.1 Å². The van der Waals surface area contributed by atoms with E-state index in [1.165, 1.54) is 12.8 Å². The Bertz CT molecular complexity index is 432. The number of nitrogens with one attached hydrogen (secondary N) is 1. The average Bonchev–Trinajstić information content (AvgIpc) is 3.01. The van der Waals surface area contributed by atoms with E-state index < -0.39 is 0 Å². The van der Waals surface area contributed by atoms with Crippen LogP contribution in [0.15, 0.2) is 24.3 Å². The van der Waals surface area contributed by atoms with E-state index in [9.17, 15) is 0 Å². The zero-order chi connectivity index (χ0) is 13.8. The van der Waals surface area contributed by atoms with E-state index in [-0.39, 0.29) is 6.10 Å². The van der Waals surface area contributed by atoms with Crippen molar-refractivity contribution in [2.24, 2.45) is 0 Å². The molecule has 1 aromatic carbocycles. The quantitative estimate of drug-likeness (QED) is 0.890. The second-order valence-corrected chi connectivity index (χ2v) is 5.64. The van der Waals surface area contributed by atoms with Crippen LogP contribution < -0.4 is 14.8 Å². The van der Waals surface area contributed by atoms with Gasteiger partial charge in [-0.25, -0.2) is 0 Å². The molecule has 1 fully saturated rings. The van der Waals surface area contributed by atoms with E-state index in [1.54, 1.807) is 0 Å². The molecule has 0 radical (unpaired) electrons. The van der Waals surface area contributed by atoms with E-state index in [0.717, 1.165) is 37.7 Å². The number of nitrogens with zero attached hydrogens (tertiary/aromatic N) is 1. The summed E-state index contributed by atoms with van der Waals surface area (Å²) in [6, 6.07) is 8.58. The highest BCUT2D eigenvalue weighted by atomic mass is 16.6. The number of hydrogen-bond donors (Lipinski definition) is 1. The summed E-state index contributed by atoms with van der Waals surface area (Å²) in [5, 5.41) is 3.45. The van der Waals surface area contributed by atoms with Gasteiger partial charge in [-0.15, -0.1) is 0 Å². The van der Waals surface area contributed by atoms with Gasteiger partial charge in [0.25, 0.3) is 0 Å². The van der Waals surface area contributed by atoms with Gasteiger partial charge in [0.15, 0.2) is 11.5 Å². The Hall–Kier alpha value is -1.26. The van der Waals surface area contributed by atoms with Gasteiger partial charge in [-0.3, -0.25) is 4.90 Å². The Morgan fingerprint density at radius 1 is 1.30 bits per heavy atom. The van der Waals surface area contributed by atoms with Gasteiger partial charge in [-0.05, 0) is 38.1 Å². The Balaban J connectivity index is 1.61. The molecule has 1 aromatic rings. The fraction of sp³-hybridized carbons (Fsp3) is 0.625. The van der Waals surface area contributed by atoms with Gasteiger partial charge in [-0.1, -0.05) is 19.1 Å². The first-order valence-corrected chi connectivity index (χ1v) is 7.70. The maximum atomic E-state index is 6.08. The number of benzene rings is 1. The third kappa shape index (κ3) is 3.07. The van der Waals surface area contributed by atoms with Gasteiger partial charge in [0.1, 0.15) is 12.7 Å². The highest BCUT2D eigenvalue weighted by Crippen LogP contribution is 2.31. The fourth-order valence-electron chi connectivity index (χ4n) is 3.08. The Morgan fingerprint density at radius 3 is 2.90 bits per heavy atom. The van der Waals surface area contributed by atoms with Crippen LogP contribution in [0, 0.1) is 0 Å². The number of hydrogen-bond acceptors (Lipinski definition) is 4. The minimum atomic E-state index is 0.136. The van der Waals surface area contributed by atoms with Crippen LogP contribution in [0.25, 0.3) is 0 Å². The van der Waals surface area contributed by atoms with Crippen molar-refractivity contribution in [1.29, 1.82) is 0 Å². The molecule has 0 saturated carbocycles. The van der Waals surface area contributed by atoms with Crippen LogP contribution in [-0.2, 0) is 0 Å². The third-order valence-electron chi connectivity index (χ3n) is 4.07. The van der Waals surface area contributed by atoms with Crippen LogP contribution in [0.4, 0.5) is 0 Å². The standard InChI is InChI=1S/C16H24N2O2/c1-2-9-18(13-7-8-17-10-13)11-14-12-19-15-5-3-4-6-16(15)20-14/h3-6,13-14,17H,2,7-12H2,1H3. The van der Waals surface area contributed by atoms with Crippen molar-refractivity contribution in [3.63, 3.8) is 0 Å². The van der Waals surface area contributed by atoms with E-state index in [1.807, 2.05) is 24.3 Å². The highest BCUT2D eigenvalue weighted by molar-refractivity contribution is 5.40. The molecule has 2 heterocycles. The summed E-state index contributed by atoms with van der Waals surface area (Å²) in [4.78, 5) is 2.56. The maximum Gasteiger partial charge on any atom is 0.161 e. The summed E-state index contributed by atoms with van der Waals surface area (Å²) in [5.41, 5.74) is 0. The van der Waals surface area contributed by atoms with Gasteiger partial charge >= 0.3 is 0 Å². The minimum absolute atomic E-state index is 0.136. The topological polar surface area (TPSA) is 33.7 Å². The number of para-hydroxylation sites is 2. The molecule has 2 atom stereocenters. The van der Waals surface area contributed by atoms with Gasteiger partial charge in [0, 0.05) is 19.1 Å². The second-order valence-electron chi connectivity index (χ2n) is 5.64. The molecule has 0 bridgehead atoms. The first-order valence-electron chi connectivity index (χ1n) is 7.70. The predicted octanol–water partition coefficient (Wildman–Crippen LogP) is 1.90. The summed E-state index contributed by atoms with van der Waals surface area (Å²) in [6.45, 7) is 7.21. The molecule has 0 aromatic heterocycles. The zero-order valence-electron chi connectivity index (χ0n) is 12.2. The van der Waals surface area contributed by atoms with Crippen LogP contribution in [0.3, 0.4) is 0 Å². The molecule has 0 spiro atoms. The van der Waals surface area contributed by atoms with Crippen molar-refractivity contribution < 1.29 is 9.47 Å². The highest BCUT2D eigenvalue weighted by Gasteiger charge is 2.27. The Morgan fingerprint density at radius 2 is 2.15 bits per heavy atom. The number of ether oxygens (including phenoxy) is 2. The lowest BCUT2D eigenvalue weighted by atomic mass is 10.1. The lowest BCUT2D eigenvalue weighted by molar-refractivity contribution is 0.0474. The van der Waals surface area contributed by atoms with Crippen molar-refractivity contribution >= 4 is 0 Å². The molecule has 20 heavy (non-hydrogen) atoms. The van der Waals surface area contributed by atoms with Crippen LogP contribution in [0.1, 0.15) is 19.8 Å². The SMILES string of the molecule is CCCN(CC1COc2ccccc2O1)C1CCNC1. The van der Waals surface area contributed by atoms with Gasteiger partial charge in [0.05, 0.1) is 0 Å². The van der Waals surface area contributed by atoms with Gasteiger partial charge < -0.3 is 14.8 Å². The summed E-state index contributed by atoms with van der Waals surface area (Å²) in [5.74, 6) is 1.75. The summed E-state index contributed by atoms with van der Waals surface area (Å²) < 4.78 is 11.9. The Labute approximate surface area is 121 Å². The molecule has 4 heteroatoms. The average molecular weight is 276 g/mol. The summed E-state index contributed by atoms with van der Waals surface area (Å²) in [6.07, 6.45) is 2.56. The van der Waals surface area contributed by atoms with Crippen LogP contribution in [0.5, 0.6) is 11.5 Å². The fourth-order valence-corrected chi connectivity index (χ4v) is 3.08. The molecule has 0 amide bonds. The molecule has 4 nitrogen and oxygen atoms in total. The van der Waals surface area contributed by atoms with Gasteiger partial charge in [-0.2, -0.15) is 0 Å². The van der Waals surface area contributed by atoms with Crippen LogP contribution >= 0.6 is 0 Å². The van der Waals surface area contributed by atoms with Crippen molar-refractivity contribution in [3.05, 3.63) is 24.3 Å². The predicted molar refractivity (Wildman–Crippen MR) is 79.5 cm³/mol. The molecule has 1 N–H and O–H groups in total. The maximum absolute atomic E-state index is 6.08. The summed E-state index contributed by atoms with van der Waals surface area (Å²) >= 11 is 0. The first kappa shape index (κ1) is 13.7. The first-order chi connectivity index (χ1) is 9.86. The molecule has 2 aliphatic heterocycles. The second kappa shape index (κ2) is 6.46. The molecule has 2 aliphatic rings. The van der Waals surface area contributed by atoms with Crippen molar-refractivity contribution in [2.75, 3.05) is 32.8 Å². The van der Waals surface area contributed by atoms with Gasteiger partial charge in [0.2, 0.25) is 0 Å². The van der Waals surface area contributed by atoms with E-state index in [0.29, 0.717) is 12.6 Å². The molecule has 110 valence electrons. The minimum Gasteiger partial charge on any atom is -0.486 e. The van der Waals surface area contributed by atoms with E-state index >= 15 is 0 Å². The van der Waals surface area contributed by atoms with E-state index in [4.69, 9.17) is 9.47 Å². The lowest BCUT2D eigenvalue weighted by Crippen LogP contribution is -2.46. The summed E-state index contributed by atoms with van der Waals surface area (Å²) in [7, 11) is 0. The molecular weight excluding hydrogens is 252 g/mol. The number of fused-ring (bicyclic) bond motifs is 1. The number of rotatable bonds is 5. The monoisotopic (exact) mass is 276 g/mol. The van der Waals surface area contributed by atoms with Crippen molar-refractivity contribution in [1.82, 2.24) is 10.2 Å². The lowest BCUT2D eigenvalue weighted by Gasteiger charge is -2.34. The molecule has 2 unspecified atom stereocenters. The normalized spacial score (nSPS) is 25.1. The smallest absolute Gasteiger partial charge is 0.161 e.